The molecule has 1 aromatic carbocycles. The van der Waals surface area contributed by atoms with Crippen molar-refractivity contribution >= 4 is 34.9 Å². The highest BCUT2D eigenvalue weighted by Crippen LogP contribution is 2.09. The first-order chi connectivity index (χ1) is 9.34. The first kappa shape index (κ1) is 16.4. The third-order valence-corrected chi connectivity index (χ3v) is 2.75. The molecule has 9 heteroatoms. The number of amides is 1. The highest BCUT2D eigenvalue weighted by Gasteiger charge is 2.38. The van der Waals surface area contributed by atoms with Crippen molar-refractivity contribution in [1.29, 1.82) is 0 Å². The lowest BCUT2D eigenvalue weighted by Gasteiger charge is -2.18. The monoisotopic (exact) mass is 320 g/mol. The average molecular weight is 321 g/mol. The fourth-order valence-electron chi connectivity index (χ4n) is 1.40. The quantitative estimate of drug-likeness (QED) is 0.264. The predicted octanol–water partition coefficient (Wildman–Crippen LogP) is 0.753. The number of hydrogen-bond donors (Lipinski definition) is 2. The molecule has 2 atom stereocenters. The van der Waals surface area contributed by atoms with E-state index in [1.165, 1.54) is 24.3 Å². The van der Waals surface area contributed by atoms with E-state index >= 15 is 0 Å². The van der Waals surface area contributed by atoms with Crippen LogP contribution in [0, 0.1) is 10.1 Å². The SMILES string of the molecule is O=C(NC(C(=O)c1ccccc1)C(O)[N+](=O)[O-])C(Cl)Cl. The number of halogens is 2. The molecule has 0 fully saturated rings. The van der Waals surface area contributed by atoms with E-state index in [0.717, 1.165) is 0 Å². The lowest BCUT2D eigenvalue weighted by Crippen LogP contribution is -2.52. The fraction of sp³-hybridized carbons (Fsp3) is 0.273. The molecule has 0 heterocycles. The van der Waals surface area contributed by atoms with E-state index < -0.39 is 33.7 Å². The molecule has 1 aromatic rings. The minimum Gasteiger partial charge on any atom is -0.335 e. The number of nitrogens with one attached hydrogen (secondary N) is 1. The first-order valence-electron chi connectivity index (χ1n) is 5.34. The van der Waals surface area contributed by atoms with E-state index in [9.17, 15) is 24.8 Å². The molecular formula is C11H10Cl2N2O5. The van der Waals surface area contributed by atoms with Crippen LogP contribution in [-0.2, 0) is 4.79 Å². The zero-order chi connectivity index (χ0) is 15.3. The van der Waals surface area contributed by atoms with Crippen LogP contribution in [0.3, 0.4) is 0 Å². The third kappa shape index (κ3) is 4.16. The zero-order valence-corrected chi connectivity index (χ0v) is 11.4. The molecule has 0 saturated heterocycles. The molecule has 0 spiro atoms. The Morgan fingerprint density at radius 2 is 1.80 bits per heavy atom. The number of nitro groups is 1. The Labute approximate surface area is 123 Å². The van der Waals surface area contributed by atoms with Crippen LogP contribution in [0.25, 0.3) is 0 Å². The van der Waals surface area contributed by atoms with Crippen molar-refractivity contribution in [2.45, 2.75) is 17.1 Å². The number of Topliss-reactive ketones (excluding diaryl/α,β-unsaturated/α-hetero) is 1. The van der Waals surface area contributed by atoms with Gasteiger partial charge in [0.15, 0.2) is 16.7 Å². The molecule has 0 aromatic heterocycles. The molecule has 1 amide bonds. The first-order valence-corrected chi connectivity index (χ1v) is 6.21. The van der Waals surface area contributed by atoms with Gasteiger partial charge in [-0.05, 0) is 0 Å². The smallest absolute Gasteiger partial charge is 0.335 e. The number of ketones is 1. The molecule has 108 valence electrons. The van der Waals surface area contributed by atoms with Crippen molar-refractivity contribution in [3.63, 3.8) is 0 Å². The van der Waals surface area contributed by atoms with E-state index in [2.05, 4.69) is 0 Å². The van der Waals surface area contributed by atoms with Crippen LogP contribution in [-0.4, -0.2) is 38.8 Å². The highest BCUT2D eigenvalue weighted by atomic mass is 35.5. The van der Waals surface area contributed by atoms with Gasteiger partial charge in [-0.3, -0.25) is 19.7 Å². The molecule has 0 aliphatic carbocycles. The number of hydrogen-bond acceptors (Lipinski definition) is 5. The van der Waals surface area contributed by atoms with E-state index in [4.69, 9.17) is 23.2 Å². The van der Waals surface area contributed by atoms with Gasteiger partial charge >= 0.3 is 6.23 Å². The normalized spacial score (nSPS) is 13.6. The summed E-state index contributed by atoms with van der Waals surface area (Å²) in [6.07, 6.45) is -2.31. The summed E-state index contributed by atoms with van der Waals surface area (Å²) >= 11 is 10.6. The maximum absolute atomic E-state index is 12.1. The second-order valence-electron chi connectivity index (χ2n) is 3.72. The molecule has 20 heavy (non-hydrogen) atoms. The molecular weight excluding hydrogens is 311 g/mol. The molecule has 7 nitrogen and oxygen atoms in total. The van der Waals surface area contributed by atoms with Crippen LogP contribution in [0.5, 0.6) is 0 Å². The highest BCUT2D eigenvalue weighted by molar-refractivity contribution is 6.53. The standard InChI is InChI=1S/C11H10Cl2N2O5/c12-9(13)10(17)14-7(11(18)15(19)20)8(16)6-4-2-1-3-5-6/h1-5,7,9,11,18H,(H,14,17). The number of nitrogens with zero attached hydrogens (tertiary/aromatic N) is 1. The van der Waals surface area contributed by atoms with Gasteiger partial charge in [0.25, 0.3) is 5.91 Å². The van der Waals surface area contributed by atoms with E-state index in [1.54, 1.807) is 6.07 Å². The molecule has 2 unspecified atom stereocenters. The number of carbonyl (C=O) groups is 2. The summed E-state index contributed by atoms with van der Waals surface area (Å²) in [4.78, 5) is 31.4. The summed E-state index contributed by atoms with van der Waals surface area (Å²) in [7, 11) is 0. The Kier molecular flexibility index (Phi) is 5.87. The fourth-order valence-corrected chi connectivity index (χ4v) is 1.52. The van der Waals surface area contributed by atoms with Gasteiger partial charge in [-0.2, -0.15) is 0 Å². The lowest BCUT2D eigenvalue weighted by molar-refractivity contribution is -0.571. The Morgan fingerprint density at radius 3 is 2.25 bits per heavy atom. The molecule has 0 saturated carbocycles. The summed E-state index contributed by atoms with van der Waals surface area (Å²) in [6, 6.07) is 5.73. The Hall–Kier alpha value is -1.70. The number of aliphatic hydroxyl groups excluding tert-OH is 1. The van der Waals surface area contributed by atoms with Crippen LogP contribution in [0.2, 0.25) is 0 Å². The van der Waals surface area contributed by atoms with Crippen molar-refractivity contribution < 1.29 is 19.6 Å². The summed E-state index contributed by atoms with van der Waals surface area (Å²) in [6.45, 7) is 0. The molecule has 0 aliphatic rings. The van der Waals surface area contributed by atoms with Crippen LogP contribution in [0.4, 0.5) is 0 Å². The van der Waals surface area contributed by atoms with E-state index in [-0.39, 0.29) is 5.56 Å². The van der Waals surface area contributed by atoms with Crippen molar-refractivity contribution in [3.8, 4) is 0 Å². The number of benzene rings is 1. The maximum Gasteiger partial charge on any atom is 0.340 e. The number of aliphatic hydroxyl groups is 1. The Bertz CT molecular complexity index is 509. The van der Waals surface area contributed by atoms with Crippen molar-refractivity contribution in [2.75, 3.05) is 0 Å². The van der Waals surface area contributed by atoms with Gasteiger partial charge in [0, 0.05) is 5.56 Å². The topological polar surface area (TPSA) is 110 Å². The van der Waals surface area contributed by atoms with E-state index in [0.29, 0.717) is 0 Å². The minimum atomic E-state index is -2.31. The van der Waals surface area contributed by atoms with Crippen molar-refractivity contribution in [1.82, 2.24) is 5.32 Å². The van der Waals surface area contributed by atoms with Crippen LogP contribution in [0.15, 0.2) is 30.3 Å². The molecule has 0 bridgehead atoms. The van der Waals surface area contributed by atoms with Crippen LogP contribution < -0.4 is 5.32 Å². The second-order valence-corrected chi connectivity index (χ2v) is 4.81. The van der Waals surface area contributed by atoms with Gasteiger partial charge in [-0.15, -0.1) is 0 Å². The van der Waals surface area contributed by atoms with Gasteiger partial charge in [0.2, 0.25) is 0 Å². The van der Waals surface area contributed by atoms with Crippen LogP contribution >= 0.6 is 23.2 Å². The van der Waals surface area contributed by atoms with E-state index in [1.807, 2.05) is 5.32 Å². The number of rotatable bonds is 6. The van der Waals surface area contributed by atoms with Crippen molar-refractivity contribution in [3.05, 3.63) is 46.0 Å². The van der Waals surface area contributed by atoms with Gasteiger partial charge in [-0.25, -0.2) is 0 Å². The number of alkyl halides is 2. The summed E-state index contributed by atoms with van der Waals surface area (Å²) < 4.78 is 0. The van der Waals surface area contributed by atoms with Gasteiger partial charge in [0.1, 0.15) is 0 Å². The third-order valence-electron chi connectivity index (χ3n) is 2.35. The lowest BCUT2D eigenvalue weighted by atomic mass is 10.0. The largest absolute Gasteiger partial charge is 0.340 e. The Balaban J connectivity index is 3.01. The van der Waals surface area contributed by atoms with Gasteiger partial charge < -0.3 is 10.4 Å². The summed E-state index contributed by atoms with van der Waals surface area (Å²) in [5.41, 5.74) is 0.0967. The minimum absolute atomic E-state index is 0.0967. The molecule has 1 rings (SSSR count). The van der Waals surface area contributed by atoms with Gasteiger partial charge in [-0.1, -0.05) is 53.5 Å². The average Bonchev–Trinajstić information content (AvgIpc) is 2.43. The predicted molar refractivity (Wildman–Crippen MR) is 71.2 cm³/mol. The molecule has 0 aliphatic heterocycles. The molecule has 2 N–H and O–H groups in total. The maximum atomic E-state index is 12.1. The molecule has 0 radical (unpaired) electrons. The van der Waals surface area contributed by atoms with Crippen LogP contribution in [0.1, 0.15) is 10.4 Å². The Morgan fingerprint density at radius 1 is 1.25 bits per heavy atom. The summed E-state index contributed by atoms with van der Waals surface area (Å²) in [5.74, 6) is -1.83. The summed E-state index contributed by atoms with van der Waals surface area (Å²) in [5, 5.41) is 22.0. The van der Waals surface area contributed by atoms with Crippen molar-refractivity contribution in [2.24, 2.45) is 0 Å². The zero-order valence-electron chi connectivity index (χ0n) is 9.90. The number of carbonyl (C=O) groups excluding carboxylic acids is 2. The van der Waals surface area contributed by atoms with Gasteiger partial charge in [0.05, 0.1) is 4.92 Å². The second kappa shape index (κ2) is 7.18.